The normalized spacial score (nSPS) is 15.0. The number of hydrogen-bond acceptors (Lipinski definition) is 3. The fourth-order valence-electron chi connectivity index (χ4n) is 3.09. The Bertz CT molecular complexity index is 831. The summed E-state index contributed by atoms with van der Waals surface area (Å²) in [5.41, 5.74) is 3.91. The Kier molecular flexibility index (Phi) is 3.64. The van der Waals surface area contributed by atoms with Gasteiger partial charge < -0.3 is 0 Å². The molecule has 0 atom stereocenters. The molecule has 3 nitrogen and oxygen atoms in total. The van der Waals surface area contributed by atoms with Gasteiger partial charge in [-0.15, -0.1) is 0 Å². The van der Waals surface area contributed by atoms with E-state index in [2.05, 4.69) is 55.1 Å². The predicted molar refractivity (Wildman–Crippen MR) is 91.5 cm³/mol. The van der Waals surface area contributed by atoms with Crippen molar-refractivity contribution in [3.05, 3.63) is 70.2 Å². The molecule has 4 rings (SSSR count). The van der Waals surface area contributed by atoms with Gasteiger partial charge in [0.25, 0.3) is 0 Å². The minimum Gasteiger partial charge on any atom is -0.293 e. The van der Waals surface area contributed by atoms with Gasteiger partial charge in [0.1, 0.15) is 0 Å². The molecule has 0 fully saturated rings. The van der Waals surface area contributed by atoms with Crippen molar-refractivity contribution in [3.8, 4) is 0 Å². The number of pyridine rings is 2. The molecular formula is C18H16BrN3. The summed E-state index contributed by atoms with van der Waals surface area (Å²) in [5, 5.41) is 2.45. The number of fused-ring (bicyclic) bond motifs is 2. The van der Waals surface area contributed by atoms with Gasteiger partial charge in [0.2, 0.25) is 0 Å². The topological polar surface area (TPSA) is 29.0 Å². The first-order chi connectivity index (χ1) is 10.8. The van der Waals surface area contributed by atoms with Gasteiger partial charge in [-0.25, -0.2) is 0 Å². The van der Waals surface area contributed by atoms with Crippen molar-refractivity contribution in [2.45, 2.75) is 19.5 Å². The van der Waals surface area contributed by atoms with Crippen LogP contribution < -0.4 is 0 Å². The van der Waals surface area contributed by atoms with E-state index < -0.39 is 0 Å². The van der Waals surface area contributed by atoms with E-state index in [9.17, 15) is 0 Å². The Hall–Kier alpha value is -1.78. The zero-order chi connectivity index (χ0) is 14.9. The van der Waals surface area contributed by atoms with E-state index in [4.69, 9.17) is 0 Å². The van der Waals surface area contributed by atoms with Gasteiger partial charge in [0.15, 0.2) is 0 Å². The molecular weight excluding hydrogens is 338 g/mol. The lowest BCUT2D eigenvalue weighted by atomic mass is 10.0. The van der Waals surface area contributed by atoms with Crippen molar-refractivity contribution < 1.29 is 0 Å². The van der Waals surface area contributed by atoms with Crippen LogP contribution in [-0.4, -0.2) is 21.4 Å². The molecule has 0 radical (unpaired) electrons. The van der Waals surface area contributed by atoms with Crippen LogP contribution in [0.15, 0.2) is 53.4 Å². The summed E-state index contributed by atoms with van der Waals surface area (Å²) in [5.74, 6) is 0. The van der Waals surface area contributed by atoms with Gasteiger partial charge >= 0.3 is 0 Å². The smallest absolute Gasteiger partial charge is 0.0587 e. The lowest BCUT2D eigenvalue weighted by Gasteiger charge is -2.28. The van der Waals surface area contributed by atoms with Gasteiger partial charge in [0, 0.05) is 48.1 Å². The Morgan fingerprint density at radius 3 is 3.00 bits per heavy atom. The highest BCUT2D eigenvalue weighted by Crippen LogP contribution is 2.26. The second-order valence-corrected chi connectivity index (χ2v) is 6.59. The molecule has 2 aromatic heterocycles. The summed E-state index contributed by atoms with van der Waals surface area (Å²) in [4.78, 5) is 11.2. The third kappa shape index (κ3) is 2.64. The summed E-state index contributed by atoms with van der Waals surface area (Å²) in [6, 6.07) is 10.7. The molecule has 0 amide bonds. The maximum atomic E-state index is 4.54. The lowest BCUT2D eigenvalue weighted by Crippen LogP contribution is -2.30. The zero-order valence-electron chi connectivity index (χ0n) is 12.2. The van der Waals surface area contributed by atoms with Crippen LogP contribution in [0, 0.1) is 0 Å². The van der Waals surface area contributed by atoms with Crippen LogP contribution in [0.3, 0.4) is 0 Å². The Labute approximate surface area is 138 Å². The van der Waals surface area contributed by atoms with Gasteiger partial charge in [-0.05, 0) is 41.1 Å². The van der Waals surface area contributed by atoms with Gasteiger partial charge in [-0.2, -0.15) is 0 Å². The molecule has 0 unspecified atom stereocenters. The summed E-state index contributed by atoms with van der Waals surface area (Å²) in [7, 11) is 0. The molecule has 0 N–H and O–H groups in total. The highest BCUT2D eigenvalue weighted by molar-refractivity contribution is 9.10. The highest BCUT2D eigenvalue weighted by atomic mass is 79.9. The first-order valence-corrected chi connectivity index (χ1v) is 8.26. The molecule has 1 aliphatic rings. The van der Waals surface area contributed by atoms with E-state index in [0.29, 0.717) is 0 Å². The SMILES string of the molecule is Brc1ccnc2c1CCN(Cc1ccc3cnccc3c1)C2. The van der Waals surface area contributed by atoms with Crippen molar-refractivity contribution in [2.24, 2.45) is 0 Å². The van der Waals surface area contributed by atoms with Crippen LogP contribution in [0.25, 0.3) is 10.8 Å². The molecule has 0 aliphatic carbocycles. The van der Waals surface area contributed by atoms with Crippen molar-refractivity contribution in [1.29, 1.82) is 0 Å². The quantitative estimate of drug-likeness (QED) is 0.698. The third-order valence-electron chi connectivity index (χ3n) is 4.25. The molecule has 1 aromatic carbocycles. The molecule has 0 saturated carbocycles. The van der Waals surface area contributed by atoms with E-state index in [-0.39, 0.29) is 0 Å². The van der Waals surface area contributed by atoms with E-state index in [1.54, 1.807) is 0 Å². The molecule has 3 heterocycles. The molecule has 0 spiro atoms. The average Bonchev–Trinajstić information content (AvgIpc) is 2.55. The minimum absolute atomic E-state index is 0.920. The number of benzene rings is 1. The monoisotopic (exact) mass is 353 g/mol. The predicted octanol–water partition coefficient (Wildman–Crippen LogP) is 3.95. The number of hydrogen-bond donors (Lipinski definition) is 0. The first kappa shape index (κ1) is 13.9. The maximum absolute atomic E-state index is 4.54. The first-order valence-electron chi connectivity index (χ1n) is 7.47. The average molecular weight is 354 g/mol. The standard InChI is InChI=1S/C18H16BrN3/c19-17-4-7-21-18-12-22(8-5-16(17)18)11-13-1-2-15-10-20-6-3-14(15)9-13/h1-4,6-7,9-10H,5,8,11-12H2. The Balaban J connectivity index is 1.56. The molecule has 22 heavy (non-hydrogen) atoms. The van der Waals surface area contributed by atoms with E-state index in [1.165, 1.54) is 32.1 Å². The molecule has 4 heteroatoms. The molecule has 1 aliphatic heterocycles. The molecule has 3 aromatic rings. The van der Waals surface area contributed by atoms with Gasteiger partial charge in [0.05, 0.1) is 5.69 Å². The second-order valence-electron chi connectivity index (χ2n) is 5.74. The van der Waals surface area contributed by atoms with Crippen molar-refractivity contribution in [1.82, 2.24) is 14.9 Å². The second kappa shape index (κ2) is 5.78. The summed E-state index contributed by atoms with van der Waals surface area (Å²) >= 11 is 3.63. The third-order valence-corrected chi connectivity index (χ3v) is 4.99. The van der Waals surface area contributed by atoms with Crippen molar-refractivity contribution >= 4 is 26.7 Å². The largest absolute Gasteiger partial charge is 0.293 e. The molecule has 0 saturated heterocycles. The Morgan fingerprint density at radius 2 is 2.05 bits per heavy atom. The van der Waals surface area contributed by atoms with Crippen LogP contribution in [-0.2, 0) is 19.5 Å². The number of nitrogens with zero attached hydrogens (tertiary/aromatic N) is 3. The minimum atomic E-state index is 0.920. The lowest BCUT2D eigenvalue weighted by molar-refractivity contribution is 0.241. The Morgan fingerprint density at radius 1 is 1.09 bits per heavy atom. The van der Waals surface area contributed by atoms with Crippen molar-refractivity contribution in [3.63, 3.8) is 0 Å². The highest BCUT2D eigenvalue weighted by Gasteiger charge is 2.19. The maximum Gasteiger partial charge on any atom is 0.0587 e. The van der Waals surface area contributed by atoms with E-state index >= 15 is 0 Å². The summed E-state index contributed by atoms with van der Waals surface area (Å²) in [6.45, 7) is 2.96. The van der Waals surface area contributed by atoms with Crippen LogP contribution in [0.2, 0.25) is 0 Å². The van der Waals surface area contributed by atoms with Crippen LogP contribution in [0.4, 0.5) is 0 Å². The fraction of sp³-hybridized carbons (Fsp3) is 0.222. The van der Waals surface area contributed by atoms with E-state index in [0.717, 1.165) is 26.1 Å². The zero-order valence-corrected chi connectivity index (χ0v) is 13.8. The van der Waals surface area contributed by atoms with E-state index in [1.807, 2.05) is 24.7 Å². The number of halogens is 1. The van der Waals surface area contributed by atoms with Crippen molar-refractivity contribution in [2.75, 3.05) is 6.54 Å². The summed E-state index contributed by atoms with van der Waals surface area (Å²) in [6.07, 6.45) is 6.71. The number of aromatic nitrogens is 2. The number of rotatable bonds is 2. The summed E-state index contributed by atoms with van der Waals surface area (Å²) < 4.78 is 1.19. The van der Waals surface area contributed by atoms with Crippen LogP contribution in [0.1, 0.15) is 16.8 Å². The van der Waals surface area contributed by atoms with Crippen LogP contribution >= 0.6 is 15.9 Å². The van der Waals surface area contributed by atoms with Crippen LogP contribution in [0.5, 0.6) is 0 Å². The molecule has 110 valence electrons. The fourth-order valence-corrected chi connectivity index (χ4v) is 3.64. The molecule has 0 bridgehead atoms. The van der Waals surface area contributed by atoms with Gasteiger partial charge in [-0.3, -0.25) is 14.9 Å². The van der Waals surface area contributed by atoms with Gasteiger partial charge in [-0.1, -0.05) is 28.1 Å².